The van der Waals surface area contributed by atoms with Gasteiger partial charge in [0.2, 0.25) is 0 Å². The van der Waals surface area contributed by atoms with Crippen LogP contribution in [0.4, 0.5) is 0 Å². The second-order valence-corrected chi connectivity index (χ2v) is 7.39. The first kappa shape index (κ1) is 15.9. The summed E-state index contributed by atoms with van der Waals surface area (Å²) in [6, 6.07) is 0.468. The van der Waals surface area contributed by atoms with E-state index in [1.807, 2.05) is 4.90 Å². The van der Waals surface area contributed by atoms with E-state index in [0.29, 0.717) is 12.0 Å². The largest absolute Gasteiger partial charge is 0.379 e. The van der Waals surface area contributed by atoms with Crippen molar-refractivity contribution < 1.29 is 9.53 Å². The molecule has 122 valence electrons. The van der Waals surface area contributed by atoms with Gasteiger partial charge < -0.3 is 9.64 Å². The molecule has 2 saturated heterocycles. The van der Waals surface area contributed by atoms with Crippen LogP contribution in [0.25, 0.3) is 0 Å². The van der Waals surface area contributed by atoms with E-state index in [9.17, 15) is 4.79 Å². The van der Waals surface area contributed by atoms with Crippen LogP contribution in [0, 0.1) is 5.92 Å². The summed E-state index contributed by atoms with van der Waals surface area (Å²) in [6.07, 6.45) is 3.79. The number of amides is 1. The fourth-order valence-corrected chi connectivity index (χ4v) is 4.38. The van der Waals surface area contributed by atoms with Gasteiger partial charge in [-0.05, 0) is 18.8 Å². The molecule has 0 aromatic carbocycles. The number of likely N-dealkylation sites (tertiary alicyclic amines) is 1. The third kappa shape index (κ3) is 3.34. The van der Waals surface area contributed by atoms with Crippen LogP contribution in [0.5, 0.6) is 0 Å². The summed E-state index contributed by atoms with van der Waals surface area (Å²) in [5.74, 6) is 0.674. The molecule has 6 heteroatoms. The van der Waals surface area contributed by atoms with Gasteiger partial charge in [-0.2, -0.15) is 0 Å². The fraction of sp³-hybridized carbons (Fsp3) is 0.750. The highest BCUT2D eigenvalue weighted by Crippen LogP contribution is 2.25. The Morgan fingerprint density at radius 3 is 2.91 bits per heavy atom. The number of nitrogens with zero attached hydrogens (tertiary/aromatic N) is 3. The summed E-state index contributed by atoms with van der Waals surface area (Å²) in [5, 5.41) is 1.07. The van der Waals surface area contributed by atoms with E-state index in [1.165, 1.54) is 0 Å². The van der Waals surface area contributed by atoms with E-state index >= 15 is 0 Å². The van der Waals surface area contributed by atoms with Crippen LogP contribution in [0.15, 0.2) is 6.20 Å². The molecular formula is C16H25N3O2S. The summed E-state index contributed by atoms with van der Waals surface area (Å²) in [6.45, 7) is 9.67. The van der Waals surface area contributed by atoms with Crippen LogP contribution >= 0.6 is 11.3 Å². The zero-order valence-corrected chi connectivity index (χ0v) is 14.3. The SMILES string of the molecule is CCCc1ncc(C(=O)N2C[C@@H](C)[C@H](N3CCOCC3)C2)s1. The second kappa shape index (κ2) is 7.06. The Morgan fingerprint density at radius 1 is 1.41 bits per heavy atom. The Hall–Kier alpha value is -0.980. The smallest absolute Gasteiger partial charge is 0.265 e. The Labute approximate surface area is 136 Å². The first-order valence-electron chi connectivity index (χ1n) is 8.24. The van der Waals surface area contributed by atoms with Gasteiger partial charge in [-0.15, -0.1) is 11.3 Å². The Kier molecular flexibility index (Phi) is 5.10. The number of aromatic nitrogens is 1. The molecule has 0 bridgehead atoms. The predicted molar refractivity (Wildman–Crippen MR) is 87.4 cm³/mol. The van der Waals surface area contributed by atoms with Gasteiger partial charge in [0.1, 0.15) is 4.88 Å². The molecule has 2 aliphatic heterocycles. The molecule has 5 nitrogen and oxygen atoms in total. The molecule has 3 rings (SSSR count). The molecule has 1 aromatic heterocycles. The Morgan fingerprint density at radius 2 is 2.18 bits per heavy atom. The first-order valence-corrected chi connectivity index (χ1v) is 9.06. The molecule has 2 atom stereocenters. The van der Waals surface area contributed by atoms with E-state index in [-0.39, 0.29) is 5.91 Å². The third-order valence-electron chi connectivity index (χ3n) is 4.60. The van der Waals surface area contributed by atoms with Crippen LogP contribution in [0.1, 0.15) is 34.9 Å². The van der Waals surface area contributed by atoms with Crippen LogP contribution in [0.2, 0.25) is 0 Å². The standard InChI is InChI=1S/C16H25N3O2S/c1-3-4-15-17-9-14(22-15)16(20)19-10-12(2)13(11-19)18-5-7-21-8-6-18/h9,12-13H,3-8,10-11H2,1-2H3/t12-,13-/m1/s1. The van der Waals surface area contributed by atoms with Crippen molar-refractivity contribution in [3.05, 3.63) is 16.1 Å². The zero-order valence-electron chi connectivity index (χ0n) is 13.5. The molecule has 1 aromatic rings. The summed E-state index contributed by atoms with van der Waals surface area (Å²) >= 11 is 1.55. The molecule has 0 radical (unpaired) electrons. The predicted octanol–water partition coefficient (Wildman–Crippen LogP) is 1.89. The van der Waals surface area contributed by atoms with Crippen LogP contribution < -0.4 is 0 Å². The number of ether oxygens (including phenoxy) is 1. The van der Waals surface area contributed by atoms with Crippen molar-refractivity contribution in [3.63, 3.8) is 0 Å². The molecule has 1 amide bonds. The number of thiazole rings is 1. The van der Waals surface area contributed by atoms with Crippen molar-refractivity contribution in [2.24, 2.45) is 5.92 Å². The highest BCUT2D eigenvalue weighted by Gasteiger charge is 2.37. The van der Waals surface area contributed by atoms with Gasteiger partial charge in [-0.3, -0.25) is 9.69 Å². The minimum Gasteiger partial charge on any atom is -0.379 e. The highest BCUT2D eigenvalue weighted by molar-refractivity contribution is 7.13. The molecular weight excluding hydrogens is 298 g/mol. The number of hydrogen-bond acceptors (Lipinski definition) is 5. The maximum Gasteiger partial charge on any atom is 0.265 e. The lowest BCUT2D eigenvalue weighted by Crippen LogP contribution is -2.47. The van der Waals surface area contributed by atoms with E-state index in [4.69, 9.17) is 4.74 Å². The van der Waals surface area contributed by atoms with Crippen molar-refractivity contribution >= 4 is 17.2 Å². The molecule has 0 unspecified atom stereocenters. The van der Waals surface area contributed by atoms with Gasteiger partial charge in [0.05, 0.1) is 24.4 Å². The molecule has 2 aliphatic rings. The topological polar surface area (TPSA) is 45.7 Å². The van der Waals surface area contributed by atoms with Crippen LogP contribution in [-0.4, -0.2) is 66.1 Å². The van der Waals surface area contributed by atoms with E-state index in [0.717, 1.165) is 62.1 Å². The maximum absolute atomic E-state index is 12.7. The third-order valence-corrected chi connectivity index (χ3v) is 5.65. The lowest BCUT2D eigenvalue weighted by Gasteiger charge is -2.33. The minimum atomic E-state index is 0.155. The minimum absolute atomic E-state index is 0.155. The van der Waals surface area contributed by atoms with Gasteiger partial charge in [0, 0.05) is 32.2 Å². The van der Waals surface area contributed by atoms with Crippen molar-refractivity contribution in [1.29, 1.82) is 0 Å². The number of carbonyl (C=O) groups excluding carboxylic acids is 1. The zero-order chi connectivity index (χ0) is 15.5. The van der Waals surface area contributed by atoms with Crippen molar-refractivity contribution in [2.75, 3.05) is 39.4 Å². The summed E-state index contributed by atoms with van der Waals surface area (Å²) in [7, 11) is 0. The lowest BCUT2D eigenvalue weighted by atomic mass is 10.0. The lowest BCUT2D eigenvalue weighted by molar-refractivity contribution is 0.0119. The van der Waals surface area contributed by atoms with Gasteiger partial charge in [-0.1, -0.05) is 13.8 Å². The number of hydrogen-bond donors (Lipinski definition) is 0. The maximum atomic E-state index is 12.7. The van der Waals surface area contributed by atoms with Gasteiger partial charge in [0.15, 0.2) is 0 Å². The molecule has 0 spiro atoms. The quantitative estimate of drug-likeness (QED) is 0.849. The number of morpholine rings is 1. The molecule has 0 N–H and O–H groups in total. The van der Waals surface area contributed by atoms with Crippen molar-refractivity contribution in [2.45, 2.75) is 32.7 Å². The monoisotopic (exact) mass is 323 g/mol. The molecule has 0 saturated carbocycles. The summed E-state index contributed by atoms with van der Waals surface area (Å²) in [4.78, 5) is 22.3. The van der Waals surface area contributed by atoms with Crippen molar-refractivity contribution in [1.82, 2.24) is 14.8 Å². The van der Waals surface area contributed by atoms with E-state index in [2.05, 4.69) is 23.7 Å². The molecule has 3 heterocycles. The molecule has 0 aliphatic carbocycles. The fourth-order valence-electron chi connectivity index (χ4n) is 3.39. The number of rotatable bonds is 4. The van der Waals surface area contributed by atoms with Gasteiger partial charge in [0.25, 0.3) is 5.91 Å². The molecule has 22 heavy (non-hydrogen) atoms. The summed E-state index contributed by atoms with van der Waals surface area (Å²) < 4.78 is 5.44. The van der Waals surface area contributed by atoms with Crippen molar-refractivity contribution in [3.8, 4) is 0 Å². The second-order valence-electron chi connectivity index (χ2n) is 6.27. The average Bonchev–Trinajstić information content (AvgIpc) is 3.15. The van der Waals surface area contributed by atoms with Crippen LogP contribution in [-0.2, 0) is 11.2 Å². The average molecular weight is 323 g/mol. The molecule has 2 fully saturated rings. The number of carbonyl (C=O) groups is 1. The Balaban J connectivity index is 1.63. The highest BCUT2D eigenvalue weighted by atomic mass is 32.1. The van der Waals surface area contributed by atoms with E-state index < -0.39 is 0 Å². The number of aryl methyl sites for hydroxylation is 1. The normalized spacial score (nSPS) is 26.5. The van der Waals surface area contributed by atoms with Gasteiger partial charge in [-0.25, -0.2) is 4.98 Å². The van der Waals surface area contributed by atoms with E-state index in [1.54, 1.807) is 17.5 Å². The first-order chi connectivity index (χ1) is 10.7. The van der Waals surface area contributed by atoms with Gasteiger partial charge >= 0.3 is 0 Å². The Bertz CT molecular complexity index is 513. The van der Waals surface area contributed by atoms with Crippen LogP contribution in [0.3, 0.4) is 0 Å². The summed E-state index contributed by atoms with van der Waals surface area (Å²) in [5.41, 5.74) is 0.